The third-order valence-corrected chi connectivity index (χ3v) is 5.53. The number of hydrogen-bond acceptors (Lipinski definition) is 4. The molecule has 0 aromatic rings. The highest BCUT2D eigenvalue weighted by Crippen LogP contribution is 2.61. The van der Waals surface area contributed by atoms with Gasteiger partial charge >= 0.3 is 5.97 Å². The van der Waals surface area contributed by atoms with Gasteiger partial charge in [-0.2, -0.15) is 0 Å². The molecule has 0 aromatic heterocycles. The fraction of sp³-hybridized carbons (Fsp3) is 0.800. The van der Waals surface area contributed by atoms with Crippen LogP contribution in [0.1, 0.15) is 40.0 Å². The maximum atomic E-state index is 11.7. The van der Waals surface area contributed by atoms with Gasteiger partial charge in [-0.3, -0.25) is 0 Å². The Bertz CT molecular complexity index is 455. The van der Waals surface area contributed by atoms with E-state index in [1.807, 2.05) is 13.8 Å². The molecule has 20 heavy (non-hydrogen) atoms. The van der Waals surface area contributed by atoms with Crippen LogP contribution in [0.15, 0.2) is 11.6 Å². The molecule has 0 saturated heterocycles. The molecule has 0 radical (unpaired) electrons. The van der Waals surface area contributed by atoms with Gasteiger partial charge in [0.1, 0.15) is 0 Å². The normalized spacial score (nSPS) is 43.6. The number of carboxylic acid groups (broad SMARTS) is 1. The van der Waals surface area contributed by atoms with Crippen molar-refractivity contribution in [1.82, 2.24) is 0 Å². The molecule has 0 aromatic carbocycles. The van der Waals surface area contributed by atoms with Crippen LogP contribution in [0.2, 0.25) is 0 Å². The maximum Gasteiger partial charge on any atom is 0.340 e. The molecule has 0 amide bonds. The van der Waals surface area contributed by atoms with Gasteiger partial charge in [-0.15, -0.1) is 0 Å². The molecule has 5 heteroatoms. The van der Waals surface area contributed by atoms with E-state index in [1.165, 1.54) is 6.08 Å². The molecular weight excluding hydrogens is 260 g/mol. The lowest BCUT2D eigenvalue weighted by molar-refractivity contribution is -0.199. The molecular formula is C15H24O5. The predicted molar refractivity (Wildman–Crippen MR) is 73.0 cm³/mol. The van der Waals surface area contributed by atoms with E-state index in [0.29, 0.717) is 6.42 Å². The number of aliphatic hydroxyl groups excluding tert-OH is 2. The highest BCUT2D eigenvalue weighted by molar-refractivity contribution is 5.83. The molecule has 0 spiro atoms. The number of carboxylic acids is 1. The summed E-state index contributed by atoms with van der Waals surface area (Å²) in [7, 11) is 0. The fourth-order valence-electron chi connectivity index (χ4n) is 4.67. The highest BCUT2D eigenvalue weighted by Gasteiger charge is 2.66. The largest absolute Gasteiger partial charge is 0.479 e. The van der Waals surface area contributed by atoms with Crippen molar-refractivity contribution in [1.29, 1.82) is 0 Å². The van der Waals surface area contributed by atoms with Crippen molar-refractivity contribution >= 4 is 5.97 Å². The first-order valence-electron chi connectivity index (χ1n) is 7.07. The second kappa shape index (κ2) is 4.55. The summed E-state index contributed by atoms with van der Waals surface area (Å²) in [5, 5.41) is 40.3. The van der Waals surface area contributed by atoms with E-state index in [4.69, 9.17) is 0 Å². The van der Waals surface area contributed by atoms with E-state index >= 15 is 0 Å². The van der Waals surface area contributed by atoms with E-state index < -0.39 is 29.7 Å². The minimum atomic E-state index is -2.12. The van der Waals surface area contributed by atoms with Gasteiger partial charge < -0.3 is 20.4 Å². The molecule has 0 aliphatic heterocycles. The van der Waals surface area contributed by atoms with Crippen LogP contribution in [0.4, 0.5) is 0 Å². The Hall–Kier alpha value is -0.910. The molecule has 1 fully saturated rings. The Balaban J connectivity index is 2.67. The van der Waals surface area contributed by atoms with Gasteiger partial charge in [0.25, 0.3) is 0 Å². The molecule has 4 N–H and O–H groups in total. The Morgan fingerprint density at radius 1 is 1.35 bits per heavy atom. The second-order valence-corrected chi connectivity index (χ2v) is 7.09. The standard InChI is InChI=1S/C15H24O5/c1-13(2)5-4-6-14(3)11(13)10(17)7-9(8-16)15(14,20)12(18)19/h7,10-11,16-17,20H,4-6,8H2,1-3H3,(H,18,19)/t10-,11+,14+,15+/m0/s1. The van der Waals surface area contributed by atoms with Gasteiger partial charge in [0.05, 0.1) is 12.7 Å². The minimum Gasteiger partial charge on any atom is -0.479 e. The lowest BCUT2D eigenvalue weighted by Crippen LogP contribution is -2.66. The average molecular weight is 284 g/mol. The van der Waals surface area contributed by atoms with Gasteiger partial charge in [-0.05, 0) is 23.8 Å². The summed E-state index contributed by atoms with van der Waals surface area (Å²) in [5.74, 6) is -1.71. The zero-order valence-corrected chi connectivity index (χ0v) is 12.3. The summed E-state index contributed by atoms with van der Waals surface area (Å²) in [4.78, 5) is 11.7. The molecule has 2 rings (SSSR count). The van der Waals surface area contributed by atoms with Crippen LogP contribution in [0.5, 0.6) is 0 Å². The third-order valence-electron chi connectivity index (χ3n) is 5.53. The number of aliphatic carboxylic acids is 1. The Morgan fingerprint density at radius 3 is 2.45 bits per heavy atom. The van der Waals surface area contributed by atoms with E-state index in [9.17, 15) is 25.2 Å². The Morgan fingerprint density at radius 2 is 1.95 bits per heavy atom. The number of fused-ring (bicyclic) bond motifs is 1. The first-order chi connectivity index (χ1) is 9.11. The first-order valence-corrected chi connectivity index (χ1v) is 7.07. The summed E-state index contributed by atoms with van der Waals surface area (Å²) in [6, 6.07) is 0. The molecule has 114 valence electrons. The molecule has 2 aliphatic rings. The molecule has 4 atom stereocenters. The van der Waals surface area contributed by atoms with Crippen LogP contribution >= 0.6 is 0 Å². The lowest BCUT2D eigenvalue weighted by Gasteiger charge is -2.59. The van der Waals surface area contributed by atoms with Crippen molar-refractivity contribution in [3.8, 4) is 0 Å². The summed E-state index contributed by atoms with van der Waals surface area (Å²) < 4.78 is 0. The van der Waals surface area contributed by atoms with Crippen LogP contribution in [-0.2, 0) is 4.79 Å². The van der Waals surface area contributed by atoms with Gasteiger partial charge in [-0.25, -0.2) is 4.79 Å². The smallest absolute Gasteiger partial charge is 0.340 e. The van der Waals surface area contributed by atoms with E-state index in [2.05, 4.69) is 0 Å². The van der Waals surface area contributed by atoms with Gasteiger partial charge in [-0.1, -0.05) is 33.3 Å². The number of aliphatic hydroxyl groups is 3. The van der Waals surface area contributed by atoms with Crippen molar-refractivity contribution in [3.05, 3.63) is 11.6 Å². The van der Waals surface area contributed by atoms with Crippen molar-refractivity contribution in [2.75, 3.05) is 6.61 Å². The van der Waals surface area contributed by atoms with Crippen LogP contribution in [0, 0.1) is 16.7 Å². The second-order valence-electron chi connectivity index (χ2n) is 7.09. The van der Waals surface area contributed by atoms with Crippen LogP contribution in [0.25, 0.3) is 0 Å². The quantitative estimate of drug-likeness (QED) is 0.565. The topological polar surface area (TPSA) is 98.0 Å². The molecule has 0 bridgehead atoms. The van der Waals surface area contributed by atoms with Crippen LogP contribution in [-0.4, -0.2) is 44.7 Å². The van der Waals surface area contributed by atoms with Crippen LogP contribution in [0.3, 0.4) is 0 Å². The zero-order valence-electron chi connectivity index (χ0n) is 12.3. The van der Waals surface area contributed by atoms with E-state index in [0.717, 1.165) is 12.8 Å². The summed E-state index contributed by atoms with van der Waals surface area (Å²) in [6.45, 7) is 5.15. The van der Waals surface area contributed by atoms with E-state index in [-0.39, 0.29) is 16.9 Å². The number of rotatable bonds is 2. The Labute approximate surface area is 118 Å². The van der Waals surface area contributed by atoms with Crippen molar-refractivity contribution in [3.63, 3.8) is 0 Å². The zero-order chi connectivity index (χ0) is 15.3. The number of hydrogen-bond donors (Lipinski definition) is 4. The summed E-state index contributed by atoms with van der Waals surface area (Å²) in [6.07, 6.45) is 2.66. The summed E-state index contributed by atoms with van der Waals surface area (Å²) in [5.41, 5.74) is -3.39. The fourth-order valence-corrected chi connectivity index (χ4v) is 4.67. The summed E-state index contributed by atoms with van der Waals surface area (Å²) >= 11 is 0. The Kier molecular flexibility index (Phi) is 3.52. The van der Waals surface area contributed by atoms with Crippen molar-refractivity contribution < 1.29 is 25.2 Å². The third kappa shape index (κ3) is 1.76. The molecule has 0 heterocycles. The van der Waals surface area contributed by atoms with Crippen molar-refractivity contribution in [2.24, 2.45) is 16.7 Å². The average Bonchev–Trinajstić information content (AvgIpc) is 2.32. The lowest BCUT2D eigenvalue weighted by atomic mass is 9.46. The molecule has 1 saturated carbocycles. The van der Waals surface area contributed by atoms with Crippen LogP contribution < -0.4 is 0 Å². The van der Waals surface area contributed by atoms with Gasteiger partial charge in [0, 0.05) is 11.3 Å². The SMILES string of the molecule is CC1(C)CCC[C@]2(C)[C@@H]1[C@@H](O)C=C(CO)[C@@]2(O)C(=O)O. The predicted octanol–water partition coefficient (Wildman–Crippen LogP) is 0.928. The number of carbonyl (C=O) groups is 1. The van der Waals surface area contributed by atoms with Crippen molar-refractivity contribution in [2.45, 2.75) is 51.7 Å². The maximum absolute atomic E-state index is 11.7. The molecule has 2 aliphatic carbocycles. The van der Waals surface area contributed by atoms with E-state index in [1.54, 1.807) is 6.92 Å². The van der Waals surface area contributed by atoms with Gasteiger partial charge in [0.15, 0.2) is 5.60 Å². The molecule has 0 unspecified atom stereocenters. The first kappa shape index (κ1) is 15.5. The monoisotopic (exact) mass is 284 g/mol. The minimum absolute atomic E-state index is 0.00560. The molecule has 5 nitrogen and oxygen atoms in total. The van der Waals surface area contributed by atoms with Gasteiger partial charge in [0.2, 0.25) is 0 Å². The highest BCUT2D eigenvalue weighted by atomic mass is 16.4.